The largest absolute Gasteiger partial charge is 0.482 e. The van der Waals surface area contributed by atoms with E-state index in [2.05, 4.69) is 5.32 Å². The van der Waals surface area contributed by atoms with E-state index in [1.807, 2.05) is 18.2 Å². The van der Waals surface area contributed by atoms with Crippen molar-refractivity contribution in [2.45, 2.75) is 18.8 Å². The van der Waals surface area contributed by atoms with Gasteiger partial charge in [0.25, 0.3) is 5.91 Å². The molecule has 0 saturated carbocycles. The van der Waals surface area contributed by atoms with Crippen molar-refractivity contribution < 1.29 is 19.1 Å². The monoisotopic (exact) mass is 261 g/mol. The third-order valence-electron chi connectivity index (χ3n) is 3.57. The average molecular weight is 261 g/mol. The molecule has 1 aromatic carbocycles. The zero-order chi connectivity index (χ0) is 13.5. The summed E-state index contributed by atoms with van der Waals surface area (Å²) in [4.78, 5) is 22.7. The van der Waals surface area contributed by atoms with Crippen molar-refractivity contribution in [3.63, 3.8) is 0 Å². The lowest BCUT2D eigenvalue weighted by Crippen LogP contribution is -2.48. The van der Waals surface area contributed by atoms with E-state index in [9.17, 15) is 9.59 Å². The Kier molecular flexibility index (Phi) is 2.78. The number of benzene rings is 1. The Morgan fingerprint density at radius 3 is 2.84 bits per heavy atom. The molecule has 1 fully saturated rings. The lowest BCUT2D eigenvalue weighted by atomic mass is 9.74. The second-order valence-corrected chi connectivity index (χ2v) is 5.20. The lowest BCUT2D eigenvalue weighted by Gasteiger charge is -2.41. The van der Waals surface area contributed by atoms with Crippen molar-refractivity contribution in [3.05, 3.63) is 23.8 Å². The Hall–Kier alpha value is -1.88. The van der Waals surface area contributed by atoms with Crippen molar-refractivity contribution >= 4 is 17.4 Å². The average Bonchev–Trinajstić information content (AvgIpc) is 2.32. The van der Waals surface area contributed by atoms with Crippen molar-refractivity contribution in [3.8, 4) is 5.75 Å². The lowest BCUT2D eigenvalue weighted by molar-refractivity contribution is -0.125. The zero-order valence-corrected chi connectivity index (χ0v) is 10.7. The van der Waals surface area contributed by atoms with E-state index in [1.165, 1.54) is 0 Å². The summed E-state index contributed by atoms with van der Waals surface area (Å²) in [6.07, 6.45) is 0.459. The number of nitrogens with one attached hydrogen (secondary N) is 1. The normalized spacial score (nSPS) is 19.7. The highest BCUT2D eigenvalue weighted by molar-refractivity contribution is 5.95. The van der Waals surface area contributed by atoms with E-state index in [1.54, 1.807) is 6.92 Å². The van der Waals surface area contributed by atoms with Gasteiger partial charge in [0, 0.05) is 11.8 Å². The van der Waals surface area contributed by atoms with Gasteiger partial charge in [-0.3, -0.25) is 9.59 Å². The topological polar surface area (TPSA) is 64.6 Å². The summed E-state index contributed by atoms with van der Waals surface area (Å²) in [7, 11) is 0. The van der Waals surface area contributed by atoms with Crippen LogP contribution in [0.4, 0.5) is 5.69 Å². The van der Waals surface area contributed by atoms with E-state index in [4.69, 9.17) is 9.47 Å². The first-order valence-electron chi connectivity index (χ1n) is 6.23. The fourth-order valence-electron chi connectivity index (χ4n) is 2.61. The molecule has 1 amide bonds. The van der Waals surface area contributed by atoms with Crippen LogP contribution < -0.4 is 10.1 Å². The number of ether oxygens (including phenoxy) is 2. The molecule has 0 aromatic heterocycles. The third-order valence-corrected chi connectivity index (χ3v) is 3.57. The van der Waals surface area contributed by atoms with Gasteiger partial charge in [-0.25, -0.2) is 0 Å². The van der Waals surface area contributed by atoms with Crippen molar-refractivity contribution in [1.29, 1.82) is 0 Å². The molecule has 2 aliphatic heterocycles. The highest BCUT2D eigenvalue weighted by Crippen LogP contribution is 2.39. The van der Waals surface area contributed by atoms with E-state index in [-0.39, 0.29) is 23.7 Å². The number of rotatable bonds is 3. The molecule has 19 heavy (non-hydrogen) atoms. The van der Waals surface area contributed by atoms with Gasteiger partial charge in [-0.05, 0) is 24.6 Å². The highest BCUT2D eigenvalue weighted by atomic mass is 16.5. The zero-order valence-electron chi connectivity index (χ0n) is 10.7. The Morgan fingerprint density at radius 2 is 2.21 bits per heavy atom. The minimum absolute atomic E-state index is 0.0496. The van der Waals surface area contributed by atoms with Crippen LogP contribution in [0.5, 0.6) is 5.75 Å². The molecule has 3 rings (SSSR count). The molecule has 5 heteroatoms. The first-order chi connectivity index (χ1) is 9.09. The molecule has 5 nitrogen and oxygen atoms in total. The molecule has 2 aliphatic rings. The maximum atomic E-state index is 11.4. The second-order valence-electron chi connectivity index (χ2n) is 5.20. The van der Waals surface area contributed by atoms with Crippen molar-refractivity contribution in [2.24, 2.45) is 0 Å². The summed E-state index contributed by atoms with van der Waals surface area (Å²) in [6, 6.07) is 5.67. The van der Waals surface area contributed by atoms with Gasteiger partial charge in [0.05, 0.1) is 18.9 Å². The smallest absolute Gasteiger partial charge is 0.262 e. The molecule has 0 atom stereocenters. The van der Waals surface area contributed by atoms with Crippen molar-refractivity contribution in [2.75, 3.05) is 25.1 Å². The Labute approximate surface area is 110 Å². The predicted molar refractivity (Wildman–Crippen MR) is 68.4 cm³/mol. The molecular weight excluding hydrogens is 246 g/mol. The molecule has 0 spiro atoms. The summed E-state index contributed by atoms with van der Waals surface area (Å²) in [5, 5.41) is 2.78. The third kappa shape index (κ3) is 2.10. The quantitative estimate of drug-likeness (QED) is 0.889. The number of anilines is 1. The van der Waals surface area contributed by atoms with E-state index >= 15 is 0 Å². The van der Waals surface area contributed by atoms with Gasteiger partial charge >= 0.3 is 0 Å². The molecule has 0 radical (unpaired) electrons. The Bertz CT molecular complexity index is 548. The summed E-state index contributed by atoms with van der Waals surface area (Å²) < 4.78 is 10.6. The van der Waals surface area contributed by atoms with Gasteiger partial charge in [0.1, 0.15) is 11.5 Å². The highest BCUT2D eigenvalue weighted by Gasteiger charge is 2.41. The maximum Gasteiger partial charge on any atom is 0.262 e. The van der Waals surface area contributed by atoms with Gasteiger partial charge in [-0.15, -0.1) is 0 Å². The Balaban J connectivity index is 1.94. The number of hydrogen-bond acceptors (Lipinski definition) is 4. The van der Waals surface area contributed by atoms with E-state index < -0.39 is 0 Å². The molecule has 0 aliphatic carbocycles. The number of hydrogen-bond donors (Lipinski definition) is 1. The molecule has 2 heterocycles. The summed E-state index contributed by atoms with van der Waals surface area (Å²) in [5.41, 5.74) is 1.44. The predicted octanol–water partition coefficient (Wildman–Crippen LogP) is 1.26. The number of Topliss-reactive ketones (excluding diaryl/α,β-unsaturated/α-hetero) is 1. The molecule has 100 valence electrons. The minimum Gasteiger partial charge on any atom is -0.482 e. The molecule has 1 N–H and O–H groups in total. The van der Waals surface area contributed by atoms with Crippen LogP contribution in [0.2, 0.25) is 0 Å². The summed E-state index contributed by atoms with van der Waals surface area (Å²) in [5.74, 6) is 0.651. The first-order valence-corrected chi connectivity index (χ1v) is 6.23. The van der Waals surface area contributed by atoms with Gasteiger partial charge in [0.2, 0.25) is 0 Å². The van der Waals surface area contributed by atoms with Gasteiger partial charge < -0.3 is 14.8 Å². The molecule has 1 saturated heterocycles. The van der Waals surface area contributed by atoms with Gasteiger partial charge in [0.15, 0.2) is 6.61 Å². The van der Waals surface area contributed by atoms with Crippen molar-refractivity contribution in [1.82, 2.24) is 0 Å². The standard InChI is InChI=1S/C14H15NO4/c1-9(16)5-14(7-18-8-14)10-2-3-12-11(4-10)15-13(17)6-19-12/h2-4H,5-8H2,1H3,(H,15,17). The SMILES string of the molecule is CC(=O)CC1(c2ccc3c(c2)NC(=O)CO3)COC1. The van der Waals surface area contributed by atoms with Crippen LogP contribution >= 0.6 is 0 Å². The molecule has 1 aromatic rings. The maximum absolute atomic E-state index is 11.4. The molecular formula is C14H15NO4. The van der Waals surface area contributed by atoms with Crippen LogP contribution in [-0.4, -0.2) is 31.5 Å². The molecule has 0 unspecified atom stereocenters. The Morgan fingerprint density at radius 1 is 1.42 bits per heavy atom. The number of carbonyl (C=O) groups is 2. The second kappa shape index (κ2) is 4.35. The summed E-state index contributed by atoms with van der Waals surface area (Å²) >= 11 is 0. The van der Waals surface area contributed by atoms with Crippen LogP contribution in [0.1, 0.15) is 18.9 Å². The van der Waals surface area contributed by atoms with Gasteiger partial charge in [-0.2, -0.15) is 0 Å². The van der Waals surface area contributed by atoms with Crippen LogP contribution in [0.3, 0.4) is 0 Å². The number of fused-ring (bicyclic) bond motifs is 1. The van der Waals surface area contributed by atoms with Crippen LogP contribution in [0.15, 0.2) is 18.2 Å². The van der Waals surface area contributed by atoms with Crippen LogP contribution in [-0.2, 0) is 19.7 Å². The first kappa shape index (κ1) is 12.2. The fraction of sp³-hybridized carbons (Fsp3) is 0.429. The molecule has 0 bridgehead atoms. The van der Waals surface area contributed by atoms with Crippen LogP contribution in [0.25, 0.3) is 0 Å². The van der Waals surface area contributed by atoms with E-state index in [0.717, 1.165) is 5.56 Å². The number of ketones is 1. The fourth-order valence-corrected chi connectivity index (χ4v) is 2.61. The minimum atomic E-state index is -0.247. The van der Waals surface area contributed by atoms with E-state index in [0.29, 0.717) is 31.1 Å². The number of carbonyl (C=O) groups excluding carboxylic acids is 2. The number of amides is 1. The van der Waals surface area contributed by atoms with Crippen LogP contribution in [0, 0.1) is 0 Å². The summed E-state index contributed by atoms with van der Waals surface area (Å²) in [6.45, 7) is 2.72. The van der Waals surface area contributed by atoms with Gasteiger partial charge in [-0.1, -0.05) is 6.07 Å².